The average Bonchev–Trinajstić information content (AvgIpc) is 2.61. The normalized spacial score (nSPS) is 11.2. The molecular formula is C16H32O9. The fourth-order valence-corrected chi connectivity index (χ4v) is 1.63. The summed E-state index contributed by atoms with van der Waals surface area (Å²) in [6, 6.07) is 0. The second kappa shape index (κ2) is 19.5. The Morgan fingerprint density at radius 1 is 0.760 bits per heavy atom. The molecule has 0 saturated carbocycles. The lowest BCUT2D eigenvalue weighted by atomic mass is 10.4. The number of hydrogen-bond donors (Lipinski definition) is 2. The minimum atomic E-state index is -0.778. The summed E-state index contributed by atoms with van der Waals surface area (Å²) in [7, 11) is 0. The van der Waals surface area contributed by atoms with E-state index < -0.39 is 12.3 Å². The van der Waals surface area contributed by atoms with Crippen molar-refractivity contribution in [2.75, 3.05) is 72.7 Å². The monoisotopic (exact) mass is 368 g/mol. The summed E-state index contributed by atoms with van der Waals surface area (Å²) in [6.07, 6.45) is 0.0712. The molecule has 0 rings (SSSR count). The first-order valence-electron chi connectivity index (χ1n) is 8.58. The highest BCUT2D eigenvalue weighted by Crippen LogP contribution is 2.04. The Hall–Kier alpha value is -0.810. The van der Waals surface area contributed by atoms with Gasteiger partial charge in [0.05, 0.1) is 65.9 Å². The third-order valence-electron chi connectivity index (χ3n) is 2.71. The van der Waals surface area contributed by atoms with E-state index >= 15 is 0 Å². The van der Waals surface area contributed by atoms with Crippen molar-refractivity contribution in [3.05, 3.63) is 0 Å². The highest BCUT2D eigenvalue weighted by Gasteiger charge is 2.16. The number of rotatable bonds is 19. The maximum atomic E-state index is 11.8. The molecule has 9 nitrogen and oxygen atoms in total. The van der Waals surface area contributed by atoms with Crippen LogP contribution in [0.3, 0.4) is 0 Å². The molecule has 0 aromatic rings. The van der Waals surface area contributed by atoms with E-state index in [9.17, 15) is 4.79 Å². The van der Waals surface area contributed by atoms with Crippen molar-refractivity contribution in [3.63, 3.8) is 0 Å². The highest BCUT2D eigenvalue weighted by atomic mass is 16.7. The molecule has 25 heavy (non-hydrogen) atoms. The topological polar surface area (TPSA) is 113 Å². The van der Waals surface area contributed by atoms with Crippen molar-refractivity contribution in [2.24, 2.45) is 0 Å². The Kier molecular flexibility index (Phi) is 18.9. The van der Waals surface area contributed by atoms with E-state index in [4.69, 9.17) is 38.6 Å². The van der Waals surface area contributed by atoms with Crippen molar-refractivity contribution in [1.82, 2.24) is 0 Å². The summed E-state index contributed by atoms with van der Waals surface area (Å²) in [6.45, 7) is 4.50. The largest absolute Gasteiger partial charge is 0.463 e. The van der Waals surface area contributed by atoms with E-state index in [1.54, 1.807) is 0 Å². The van der Waals surface area contributed by atoms with Gasteiger partial charge in [-0.3, -0.25) is 4.79 Å². The predicted molar refractivity (Wildman–Crippen MR) is 88.2 cm³/mol. The first-order valence-corrected chi connectivity index (χ1v) is 8.58. The molecule has 2 N–H and O–H groups in total. The maximum absolute atomic E-state index is 11.8. The molecule has 0 aromatic carbocycles. The number of carbonyl (C=O) groups excluding carboxylic acids is 1. The molecule has 9 heteroatoms. The Morgan fingerprint density at radius 2 is 1.28 bits per heavy atom. The van der Waals surface area contributed by atoms with E-state index in [2.05, 4.69) is 0 Å². The smallest absolute Gasteiger partial charge is 0.311 e. The number of aliphatic hydroxyl groups excluding tert-OH is 2. The molecule has 0 fully saturated rings. The van der Waals surface area contributed by atoms with Gasteiger partial charge in [0, 0.05) is 6.61 Å². The van der Waals surface area contributed by atoms with Crippen molar-refractivity contribution in [3.8, 4) is 0 Å². The van der Waals surface area contributed by atoms with Gasteiger partial charge < -0.3 is 38.6 Å². The van der Waals surface area contributed by atoms with E-state index in [0.29, 0.717) is 13.2 Å². The second-order valence-corrected chi connectivity index (χ2v) is 4.88. The van der Waals surface area contributed by atoms with Crippen LogP contribution in [-0.4, -0.2) is 95.1 Å². The molecule has 0 aliphatic carbocycles. The average molecular weight is 368 g/mol. The van der Waals surface area contributed by atoms with Gasteiger partial charge in [-0.05, 0) is 6.42 Å². The number of carbonyl (C=O) groups is 1. The molecule has 0 bridgehead atoms. The van der Waals surface area contributed by atoms with Crippen LogP contribution < -0.4 is 0 Å². The molecule has 150 valence electrons. The van der Waals surface area contributed by atoms with Crippen LogP contribution in [0.1, 0.15) is 19.8 Å². The minimum Gasteiger partial charge on any atom is -0.463 e. The van der Waals surface area contributed by atoms with Crippen LogP contribution in [0.15, 0.2) is 0 Å². The SMILES string of the molecule is CCCOCCOC(=O)CC(OCCOCCO)OCCOCCO. The van der Waals surface area contributed by atoms with Crippen molar-refractivity contribution >= 4 is 5.97 Å². The van der Waals surface area contributed by atoms with Gasteiger partial charge in [-0.2, -0.15) is 0 Å². The number of ether oxygens (including phenoxy) is 6. The molecule has 0 atom stereocenters. The van der Waals surface area contributed by atoms with Gasteiger partial charge >= 0.3 is 5.97 Å². The summed E-state index contributed by atoms with van der Waals surface area (Å²) in [5.41, 5.74) is 0. The quantitative estimate of drug-likeness (QED) is 0.181. The number of esters is 1. The van der Waals surface area contributed by atoms with Gasteiger partial charge in [-0.15, -0.1) is 0 Å². The van der Waals surface area contributed by atoms with Crippen LogP contribution in [-0.2, 0) is 33.2 Å². The van der Waals surface area contributed by atoms with Gasteiger partial charge in [0.15, 0.2) is 6.29 Å². The molecule has 0 heterocycles. The van der Waals surface area contributed by atoms with E-state index in [1.165, 1.54) is 0 Å². The lowest BCUT2D eigenvalue weighted by Gasteiger charge is -2.18. The van der Waals surface area contributed by atoms with Crippen molar-refractivity contribution in [1.29, 1.82) is 0 Å². The van der Waals surface area contributed by atoms with Crippen LogP contribution in [0.25, 0.3) is 0 Å². The summed E-state index contributed by atoms with van der Waals surface area (Å²) in [5.74, 6) is -0.447. The Bertz CT molecular complexity index is 275. The van der Waals surface area contributed by atoms with Crippen LogP contribution in [0.5, 0.6) is 0 Å². The molecule has 0 spiro atoms. The zero-order valence-corrected chi connectivity index (χ0v) is 15.0. The molecular weight excluding hydrogens is 336 g/mol. The standard InChI is InChI=1S/C16H32O9/c1-2-5-20-8-11-23-15(19)14-16(24-12-9-21-6-3-17)25-13-10-22-7-4-18/h16-18H,2-14H2,1H3. The fraction of sp³-hybridized carbons (Fsp3) is 0.938. The Balaban J connectivity index is 3.97. The first-order chi connectivity index (χ1) is 12.2. The van der Waals surface area contributed by atoms with Gasteiger partial charge in [0.1, 0.15) is 6.61 Å². The predicted octanol–water partition coefficient (Wildman–Crippen LogP) is -0.277. The van der Waals surface area contributed by atoms with Crippen molar-refractivity contribution in [2.45, 2.75) is 26.1 Å². The van der Waals surface area contributed by atoms with E-state index in [1.807, 2.05) is 6.92 Å². The zero-order chi connectivity index (χ0) is 18.6. The molecule has 0 saturated heterocycles. The van der Waals surface area contributed by atoms with Crippen LogP contribution in [0.2, 0.25) is 0 Å². The van der Waals surface area contributed by atoms with Gasteiger partial charge in [0.25, 0.3) is 0 Å². The minimum absolute atomic E-state index is 0.0610. The zero-order valence-electron chi connectivity index (χ0n) is 15.0. The van der Waals surface area contributed by atoms with Crippen molar-refractivity contribution < 1.29 is 43.4 Å². The van der Waals surface area contributed by atoms with E-state index in [-0.39, 0.29) is 65.9 Å². The molecule has 0 aromatic heterocycles. The third kappa shape index (κ3) is 17.8. The highest BCUT2D eigenvalue weighted by molar-refractivity contribution is 5.69. The lowest BCUT2D eigenvalue weighted by Crippen LogP contribution is -2.26. The Labute approximate surface area is 149 Å². The molecule has 0 aliphatic heterocycles. The lowest BCUT2D eigenvalue weighted by molar-refractivity contribution is -0.179. The number of hydrogen-bond acceptors (Lipinski definition) is 9. The fourth-order valence-electron chi connectivity index (χ4n) is 1.63. The van der Waals surface area contributed by atoms with Gasteiger partial charge in [-0.1, -0.05) is 6.92 Å². The summed E-state index contributed by atoms with van der Waals surface area (Å²) in [4.78, 5) is 11.8. The molecule has 0 amide bonds. The van der Waals surface area contributed by atoms with Gasteiger partial charge in [0.2, 0.25) is 0 Å². The molecule has 0 radical (unpaired) electrons. The number of aliphatic hydroxyl groups is 2. The first kappa shape index (κ1) is 24.2. The maximum Gasteiger partial charge on any atom is 0.311 e. The Morgan fingerprint density at radius 3 is 1.80 bits per heavy atom. The third-order valence-corrected chi connectivity index (χ3v) is 2.71. The molecule has 0 unspecified atom stereocenters. The van der Waals surface area contributed by atoms with Crippen LogP contribution in [0, 0.1) is 0 Å². The second-order valence-electron chi connectivity index (χ2n) is 4.88. The van der Waals surface area contributed by atoms with Gasteiger partial charge in [-0.25, -0.2) is 0 Å². The van der Waals surface area contributed by atoms with E-state index in [0.717, 1.165) is 6.42 Å². The van der Waals surface area contributed by atoms with Crippen LogP contribution in [0.4, 0.5) is 0 Å². The summed E-state index contributed by atoms with van der Waals surface area (Å²) < 4.78 is 31.3. The summed E-state index contributed by atoms with van der Waals surface area (Å²) in [5, 5.41) is 17.2. The van der Waals surface area contributed by atoms with Crippen LogP contribution >= 0.6 is 0 Å². The molecule has 0 aliphatic rings. The summed E-state index contributed by atoms with van der Waals surface area (Å²) >= 11 is 0.